The van der Waals surface area contributed by atoms with Gasteiger partial charge in [0.25, 0.3) is 0 Å². The Morgan fingerprint density at radius 2 is 1.92 bits per heavy atom. The quantitative estimate of drug-likeness (QED) is 0.642. The lowest BCUT2D eigenvalue weighted by Crippen LogP contribution is -1.80. The van der Waals surface area contributed by atoms with E-state index in [0.29, 0.717) is 0 Å². The molecule has 0 radical (unpaired) electrons. The minimum Gasteiger partial charge on any atom is -0.0984 e. The van der Waals surface area contributed by atoms with Gasteiger partial charge in [-0.05, 0) is 24.5 Å². The van der Waals surface area contributed by atoms with Gasteiger partial charge in [0.05, 0.1) is 0 Å². The number of hydrogen-bond acceptors (Lipinski definition) is 0. The van der Waals surface area contributed by atoms with Gasteiger partial charge in [-0.2, -0.15) is 0 Å². The zero-order valence-electron chi connectivity index (χ0n) is 8.38. The highest BCUT2D eigenvalue weighted by molar-refractivity contribution is 5.65. The van der Waals surface area contributed by atoms with Crippen molar-refractivity contribution in [1.82, 2.24) is 0 Å². The summed E-state index contributed by atoms with van der Waals surface area (Å²) >= 11 is 0. The maximum atomic E-state index is 3.80. The molecule has 0 aromatic heterocycles. The van der Waals surface area contributed by atoms with Crippen LogP contribution in [0.2, 0.25) is 0 Å². The summed E-state index contributed by atoms with van der Waals surface area (Å²) in [5, 5.41) is 0. The molecular weight excluding hydrogens is 156 g/mol. The van der Waals surface area contributed by atoms with Gasteiger partial charge >= 0.3 is 0 Å². The Hall–Kier alpha value is -1.30. The minimum atomic E-state index is 1.10. The normalized spacial score (nSPS) is 11.4. The summed E-state index contributed by atoms with van der Waals surface area (Å²) in [6, 6.07) is 8.30. The van der Waals surface area contributed by atoms with Gasteiger partial charge in [0.2, 0.25) is 0 Å². The average Bonchev–Trinajstić information content (AvgIpc) is 2.18. The maximum Gasteiger partial charge on any atom is -0.0185 e. The standard InChI is InChI=1S/C13H16/c1-4-11(3)10-13-9-7-6-8-12(13)5-2/h5-10H,2,4H2,1,3H3/b11-10+. The Morgan fingerprint density at radius 3 is 2.46 bits per heavy atom. The van der Waals surface area contributed by atoms with Crippen LogP contribution in [0.4, 0.5) is 0 Å². The molecule has 0 atom stereocenters. The van der Waals surface area contributed by atoms with Crippen LogP contribution in [0, 0.1) is 0 Å². The summed E-state index contributed by atoms with van der Waals surface area (Å²) in [6.07, 6.45) is 5.22. The van der Waals surface area contributed by atoms with E-state index in [4.69, 9.17) is 0 Å². The van der Waals surface area contributed by atoms with Crippen LogP contribution in [0.25, 0.3) is 12.2 Å². The van der Waals surface area contributed by atoms with Crippen molar-refractivity contribution in [2.24, 2.45) is 0 Å². The molecule has 13 heavy (non-hydrogen) atoms. The van der Waals surface area contributed by atoms with Crippen molar-refractivity contribution in [3.63, 3.8) is 0 Å². The maximum absolute atomic E-state index is 3.80. The molecule has 0 aliphatic carbocycles. The van der Waals surface area contributed by atoms with E-state index in [9.17, 15) is 0 Å². The van der Waals surface area contributed by atoms with Crippen molar-refractivity contribution in [2.45, 2.75) is 20.3 Å². The number of rotatable bonds is 3. The van der Waals surface area contributed by atoms with Gasteiger partial charge in [-0.1, -0.05) is 55.5 Å². The van der Waals surface area contributed by atoms with E-state index >= 15 is 0 Å². The molecule has 68 valence electrons. The monoisotopic (exact) mass is 172 g/mol. The van der Waals surface area contributed by atoms with Crippen molar-refractivity contribution in [3.8, 4) is 0 Å². The average molecular weight is 172 g/mol. The Morgan fingerprint density at radius 1 is 1.31 bits per heavy atom. The Labute approximate surface area is 80.6 Å². The van der Waals surface area contributed by atoms with Gasteiger partial charge in [0.1, 0.15) is 0 Å². The largest absolute Gasteiger partial charge is 0.0984 e. The van der Waals surface area contributed by atoms with Crippen molar-refractivity contribution < 1.29 is 0 Å². The van der Waals surface area contributed by atoms with Gasteiger partial charge in [0.15, 0.2) is 0 Å². The second-order valence-corrected chi connectivity index (χ2v) is 3.18. The molecule has 1 aromatic carbocycles. The van der Waals surface area contributed by atoms with Crippen molar-refractivity contribution in [3.05, 3.63) is 47.5 Å². The van der Waals surface area contributed by atoms with Crippen LogP contribution in [0.1, 0.15) is 31.4 Å². The number of benzene rings is 1. The topological polar surface area (TPSA) is 0 Å². The van der Waals surface area contributed by atoms with Crippen LogP contribution in [0.5, 0.6) is 0 Å². The van der Waals surface area contributed by atoms with E-state index in [0.717, 1.165) is 6.42 Å². The van der Waals surface area contributed by atoms with E-state index in [1.807, 2.05) is 12.1 Å². The summed E-state index contributed by atoms with van der Waals surface area (Å²) in [7, 11) is 0. The molecule has 0 heteroatoms. The Balaban J connectivity index is 3.06. The predicted molar refractivity (Wildman–Crippen MR) is 60.5 cm³/mol. The molecule has 0 aliphatic rings. The molecule has 0 N–H and O–H groups in total. The fourth-order valence-electron chi connectivity index (χ4n) is 1.20. The molecule has 0 saturated heterocycles. The van der Waals surface area contributed by atoms with Gasteiger partial charge in [-0.3, -0.25) is 0 Å². The first-order chi connectivity index (χ1) is 6.27. The van der Waals surface area contributed by atoms with Crippen LogP contribution >= 0.6 is 0 Å². The molecule has 1 rings (SSSR count). The SMILES string of the molecule is C=Cc1ccccc1/C=C(\C)CC. The summed E-state index contributed by atoms with van der Waals surface area (Å²) < 4.78 is 0. The second-order valence-electron chi connectivity index (χ2n) is 3.18. The molecule has 0 spiro atoms. The van der Waals surface area contributed by atoms with Crippen LogP contribution in [-0.4, -0.2) is 0 Å². The highest BCUT2D eigenvalue weighted by Crippen LogP contribution is 2.15. The van der Waals surface area contributed by atoms with E-state index in [2.05, 4.69) is 44.7 Å². The first-order valence-corrected chi connectivity index (χ1v) is 4.66. The highest BCUT2D eigenvalue weighted by atomic mass is 14.0. The van der Waals surface area contributed by atoms with Gasteiger partial charge in [-0.25, -0.2) is 0 Å². The lowest BCUT2D eigenvalue weighted by molar-refractivity contribution is 1.11. The van der Waals surface area contributed by atoms with E-state index < -0.39 is 0 Å². The molecular formula is C13H16. The molecule has 0 heterocycles. The summed E-state index contributed by atoms with van der Waals surface area (Å²) in [6.45, 7) is 8.12. The number of hydrogen-bond donors (Lipinski definition) is 0. The molecule has 0 unspecified atom stereocenters. The summed E-state index contributed by atoms with van der Waals surface area (Å²) in [5.41, 5.74) is 3.86. The van der Waals surface area contributed by atoms with Crippen molar-refractivity contribution in [2.75, 3.05) is 0 Å². The first-order valence-electron chi connectivity index (χ1n) is 4.66. The van der Waals surface area contributed by atoms with E-state index in [1.54, 1.807) is 0 Å². The van der Waals surface area contributed by atoms with E-state index in [1.165, 1.54) is 16.7 Å². The third kappa shape index (κ3) is 2.59. The zero-order valence-corrected chi connectivity index (χ0v) is 8.38. The smallest absolute Gasteiger partial charge is 0.0185 e. The molecule has 0 fully saturated rings. The fourth-order valence-corrected chi connectivity index (χ4v) is 1.20. The molecule has 0 nitrogen and oxygen atoms in total. The van der Waals surface area contributed by atoms with Gasteiger partial charge in [-0.15, -0.1) is 0 Å². The molecule has 0 amide bonds. The second kappa shape index (κ2) is 4.66. The third-order valence-electron chi connectivity index (χ3n) is 2.18. The highest BCUT2D eigenvalue weighted by Gasteiger charge is 1.93. The third-order valence-corrected chi connectivity index (χ3v) is 2.18. The Bertz CT molecular complexity index is 319. The van der Waals surface area contributed by atoms with Crippen molar-refractivity contribution >= 4 is 12.2 Å². The minimum absolute atomic E-state index is 1.10. The molecule has 0 saturated carbocycles. The predicted octanol–water partition coefficient (Wildman–Crippen LogP) is 4.14. The summed E-state index contributed by atoms with van der Waals surface area (Å²) in [4.78, 5) is 0. The van der Waals surface area contributed by atoms with E-state index in [-0.39, 0.29) is 0 Å². The molecule has 0 bridgehead atoms. The van der Waals surface area contributed by atoms with Crippen LogP contribution in [0.15, 0.2) is 36.4 Å². The van der Waals surface area contributed by atoms with Crippen LogP contribution in [0.3, 0.4) is 0 Å². The van der Waals surface area contributed by atoms with Gasteiger partial charge < -0.3 is 0 Å². The van der Waals surface area contributed by atoms with Gasteiger partial charge in [0, 0.05) is 0 Å². The van der Waals surface area contributed by atoms with Crippen LogP contribution in [-0.2, 0) is 0 Å². The Kier molecular flexibility index (Phi) is 3.51. The first kappa shape index (κ1) is 9.79. The van der Waals surface area contributed by atoms with Crippen LogP contribution < -0.4 is 0 Å². The zero-order chi connectivity index (χ0) is 9.68. The lowest BCUT2D eigenvalue weighted by Gasteiger charge is -2.01. The lowest BCUT2D eigenvalue weighted by atomic mass is 10.0. The fraction of sp³-hybridized carbons (Fsp3) is 0.231. The molecule has 0 aliphatic heterocycles. The van der Waals surface area contributed by atoms with Crippen molar-refractivity contribution in [1.29, 1.82) is 0 Å². The summed E-state index contributed by atoms with van der Waals surface area (Å²) in [5.74, 6) is 0. The molecule has 1 aromatic rings. The number of allylic oxidation sites excluding steroid dienone is 1.